The second-order valence-electron chi connectivity index (χ2n) is 6.63. The highest BCUT2D eigenvalue weighted by Crippen LogP contribution is 2.33. The van der Waals surface area contributed by atoms with Gasteiger partial charge in [0, 0.05) is 25.6 Å². The number of halogens is 2. The number of nitrogens with one attached hydrogen (secondary N) is 2. The molecule has 2 amide bonds. The Hall–Kier alpha value is -3.89. The van der Waals surface area contributed by atoms with E-state index in [0.29, 0.717) is 12.2 Å². The topological polar surface area (TPSA) is 112 Å². The molecule has 0 atom stereocenters. The Morgan fingerprint density at radius 2 is 1.64 bits per heavy atom. The van der Waals surface area contributed by atoms with Gasteiger partial charge in [0.25, 0.3) is 5.91 Å². The lowest BCUT2D eigenvalue weighted by Crippen LogP contribution is -2.30. The zero-order chi connectivity index (χ0) is 24.4. The summed E-state index contributed by atoms with van der Waals surface area (Å²) in [5.74, 6) is -1.22. The van der Waals surface area contributed by atoms with Crippen molar-refractivity contribution in [3.8, 4) is 17.2 Å². The average molecular weight is 466 g/mol. The second kappa shape index (κ2) is 12.2. The number of carbonyl (C=O) groups is 3. The summed E-state index contributed by atoms with van der Waals surface area (Å²) in [4.78, 5) is 36.0. The number of anilines is 1. The molecule has 11 heteroatoms. The van der Waals surface area contributed by atoms with E-state index in [2.05, 4.69) is 15.4 Å². The maximum absolute atomic E-state index is 12.5. The van der Waals surface area contributed by atoms with Gasteiger partial charge in [-0.2, -0.15) is 8.78 Å². The van der Waals surface area contributed by atoms with E-state index >= 15 is 0 Å². The number of carbonyl (C=O) groups excluding carboxylic acids is 3. The Morgan fingerprint density at radius 3 is 2.21 bits per heavy atom. The van der Waals surface area contributed by atoms with Gasteiger partial charge in [0.2, 0.25) is 5.91 Å². The van der Waals surface area contributed by atoms with Crippen LogP contribution in [0.1, 0.15) is 22.8 Å². The lowest BCUT2D eigenvalue weighted by Gasteiger charge is -2.14. The minimum Gasteiger partial charge on any atom is -0.493 e. The van der Waals surface area contributed by atoms with Crippen molar-refractivity contribution >= 4 is 23.5 Å². The number of hydrogen-bond acceptors (Lipinski definition) is 7. The first-order valence-corrected chi connectivity index (χ1v) is 9.74. The van der Waals surface area contributed by atoms with Gasteiger partial charge in [-0.25, -0.2) is 4.79 Å². The van der Waals surface area contributed by atoms with Crippen LogP contribution in [0, 0.1) is 0 Å². The van der Waals surface area contributed by atoms with Crippen LogP contribution in [0.25, 0.3) is 0 Å². The maximum Gasteiger partial charge on any atom is 0.387 e. The first-order valence-electron chi connectivity index (χ1n) is 9.74. The summed E-state index contributed by atoms with van der Waals surface area (Å²) in [5.41, 5.74) is 0.922. The summed E-state index contributed by atoms with van der Waals surface area (Å²) in [6.45, 7) is -1.93. The Labute approximate surface area is 189 Å². The molecule has 0 saturated heterocycles. The summed E-state index contributed by atoms with van der Waals surface area (Å²) in [7, 11) is 2.79. The molecule has 0 bridgehead atoms. The van der Waals surface area contributed by atoms with Crippen molar-refractivity contribution in [2.45, 2.75) is 20.0 Å². The Kier molecular flexibility index (Phi) is 9.40. The van der Waals surface area contributed by atoms with Gasteiger partial charge >= 0.3 is 12.6 Å². The summed E-state index contributed by atoms with van der Waals surface area (Å²) >= 11 is 0. The molecule has 2 aromatic rings. The second-order valence-corrected chi connectivity index (χ2v) is 6.63. The molecule has 0 saturated carbocycles. The van der Waals surface area contributed by atoms with Crippen molar-refractivity contribution in [1.29, 1.82) is 0 Å². The van der Waals surface area contributed by atoms with Crippen molar-refractivity contribution in [1.82, 2.24) is 5.32 Å². The SMILES string of the molecule is COc1cc(NC(C)=O)c(C(=O)OCC(=O)NCCc2ccc(OC(F)F)cc2)cc1OC. The van der Waals surface area contributed by atoms with E-state index in [1.807, 2.05) is 0 Å². The Morgan fingerprint density at radius 1 is 1.00 bits per heavy atom. The molecule has 0 fully saturated rings. The molecule has 0 heterocycles. The third-order valence-electron chi connectivity index (χ3n) is 4.27. The van der Waals surface area contributed by atoms with E-state index in [-0.39, 0.29) is 29.3 Å². The zero-order valence-electron chi connectivity index (χ0n) is 18.3. The monoisotopic (exact) mass is 466 g/mol. The molecule has 178 valence electrons. The molecule has 0 radical (unpaired) electrons. The highest BCUT2D eigenvalue weighted by Gasteiger charge is 2.20. The van der Waals surface area contributed by atoms with E-state index < -0.39 is 31.0 Å². The summed E-state index contributed by atoms with van der Waals surface area (Å²) < 4.78 is 44.0. The van der Waals surface area contributed by atoms with Gasteiger partial charge in [-0.1, -0.05) is 12.1 Å². The van der Waals surface area contributed by atoms with E-state index in [1.54, 1.807) is 12.1 Å². The molecule has 0 aromatic heterocycles. The molecule has 2 rings (SSSR count). The fourth-order valence-electron chi connectivity index (χ4n) is 2.78. The Bertz CT molecular complexity index is 981. The van der Waals surface area contributed by atoms with Gasteiger partial charge < -0.3 is 29.6 Å². The van der Waals surface area contributed by atoms with Crippen molar-refractivity contribution < 1.29 is 42.1 Å². The molecular formula is C22H24F2N2O7. The van der Waals surface area contributed by atoms with Crippen molar-refractivity contribution in [3.63, 3.8) is 0 Å². The fraction of sp³-hybridized carbons (Fsp3) is 0.318. The van der Waals surface area contributed by atoms with Gasteiger partial charge in [0.1, 0.15) is 5.75 Å². The normalized spacial score (nSPS) is 10.4. The van der Waals surface area contributed by atoms with E-state index in [9.17, 15) is 23.2 Å². The van der Waals surface area contributed by atoms with Crippen LogP contribution in [0.5, 0.6) is 17.2 Å². The number of esters is 1. The van der Waals surface area contributed by atoms with Crippen molar-refractivity contribution in [2.24, 2.45) is 0 Å². The molecule has 9 nitrogen and oxygen atoms in total. The number of alkyl halides is 2. The summed E-state index contributed by atoms with van der Waals surface area (Å²) in [6.07, 6.45) is 0.428. The number of ether oxygens (including phenoxy) is 4. The molecule has 0 aliphatic carbocycles. The smallest absolute Gasteiger partial charge is 0.387 e. The first kappa shape index (κ1) is 25.4. The minimum absolute atomic E-state index is 0.0123. The van der Waals surface area contributed by atoms with Gasteiger partial charge in [-0.05, 0) is 24.1 Å². The third-order valence-corrected chi connectivity index (χ3v) is 4.27. The van der Waals surface area contributed by atoms with Crippen LogP contribution >= 0.6 is 0 Å². The predicted octanol–water partition coefficient (Wildman–Crippen LogP) is 2.78. The lowest BCUT2D eigenvalue weighted by molar-refractivity contribution is -0.124. The maximum atomic E-state index is 12.5. The largest absolute Gasteiger partial charge is 0.493 e. The van der Waals surface area contributed by atoms with Gasteiger partial charge in [-0.3, -0.25) is 9.59 Å². The minimum atomic E-state index is -2.90. The Balaban J connectivity index is 1.90. The van der Waals surface area contributed by atoms with Crippen LogP contribution in [0.3, 0.4) is 0 Å². The standard InChI is InChI=1S/C22H24F2N2O7/c1-13(27)26-17-11-19(31-3)18(30-2)10-16(17)21(29)32-12-20(28)25-9-8-14-4-6-15(7-5-14)33-22(23)24/h4-7,10-11,22H,8-9,12H2,1-3H3,(H,25,28)(H,26,27). The average Bonchev–Trinajstić information content (AvgIpc) is 2.77. The van der Waals surface area contributed by atoms with Crippen LogP contribution < -0.4 is 24.8 Å². The lowest BCUT2D eigenvalue weighted by atomic mass is 10.1. The van der Waals surface area contributed by atoms with Gasteiger partial charge in [0.15, 0.2) is 18.1 Å². The molecule has 0 spiro atoms. The number of hydrogen-bond donors (Lipinski definition) is 2. The van der Waals surface area contributed by atoms with Crippen LogP contribution in [0.2, 0.25) is 0 Å². The summed E-state index contributed by atoms with van der Waals surface area (Å²) in [6, 6.07) is 8.76. The van der Waals surface area contributed by atoms with Gasteiger partial charge in [0.05, 0.1) is 25.5 Å². The van der Waals surface area contributed by atoms with Gasteiger partial charge in [-0.15, -0.1) is 0 Å². The quantitative estimate of drug-likeness (QED) is 0.490. The van der Waals surface area contributed by atoms with Crippen LogP contribution in [0.4, 0.5) is 14.5 Å². The van der Waals surface area contributed by atoms with Crippen LogP contribution in [-0.2, 0) is 20.7 Å². The van der Waals surface area contributed by atoms with E-state index in [0.717, 1.165) is 5.56 Å². The van der Waals surface area contributed by atoms with Crippen LogP contribution in [0.15, 0.2) is 36.4 Å². The highest BCUT2D eigenvalue weighted by molar-refractivity contribution is 6.02. The molecule has 2 N–H and O–H groups in total. The fourth-order valence-corrected chi connectivity index (χ4v) is 2.78. The number of amides is 2. The molecule has 0 aliphatic heterocycles. The van der Waals surface area contributed by atoms with Crippen LogP contribution in [-0.4, -0.2) is 51.8 Å². The van der Waals surface area contributed by atoms with Crippen molar-refractivity contribution in [3.05, 3.63) is 47.5 Å². The summed E-state index contributed by atoms with van der Waals surface area (Å²) in [5, 5.41) is 5.10. The molecule has 0 aliphatic rings. The highest BCUT2D eigenvalue weighted by atomic mass is 19.3. The molecule has 2 aromatic carbocycles. The molecule has 0 unspecified atom stereocenters. The number of benzene rings is 2. The molecule has 33 heavy (non-hydrogen) atoms. The number of rotatable bonds is 11. The first-order chi connectivity index (χ1) is 15.7. The third kappa shape index (κ3) is 7.95. The number of methoxy groups -OCH3 is 2. The van der Waals surface area contributed by atoms with E-state index in [4.69, 9.17) is 14.2 Å². The predicted molar refractivity (Wildman–Crippen MR) is 114 cm³/mol. The zero-order valence-corrected chi connectivity index (χ0v) is 18.3. The molecular weight excluding hydrogens is 442 g/mol. The van der Waals surface area contributed by atoms with E-state index in [1.165, 1.54) is 45.4 Å². The van der Waals surface area contributed by atoms with Crippen molar-refractivity contribution in [2.75, 3.05) is 32.7 Å².